The third-order valence-corrected chi connectivity index (χ3v) is 6.72. The Morgan fingerprint density at radius 1 is 1.09 bits per heavy atom. The molecule has 0 bridgehead atoms. The van der Waals surface area contributed by atoms with Crippen LogP contribution in [0.2, 0.25) is 0 Å². The molecule has 0 amide bonds. The summed E-state index contributed by atoms with van der Waals surface area (Å²) in [5.74, 6) is 0.191. The molecule has 0 unspecified atom stereocenters. The van der Waals surface area contributed by atoms with E-state index >= 15 is 0 Å². The first-order valence-corrected chi connectivity index (χ1v) is 9.14. The quantitative estimate of drug-likeness (QED) is 0.842. The predicted octanol–water partition coefficient (Wildman–Crippen LogP) is 2.54. The summed E-state index contributed by atoms with van der Waals surface area (Å²) in [7, 11) is -1.88. The van der Waals surface area contributed by atoms with Gasteiger partial charge in [-0.15, -0.1) is 0 Å². The second kappa shape index (κ2) is 5.94. The van der Waals surface area contributed by atoms with Crippen molar-refractivity contribution in [3.05, 3.63) is 60.2 Å². The fourth-order valence-corrected chi connectivity index (χ4v) is 5.55. The molecular formula is C17H17NO3S2. The molecular weight excluding hydrogens is 330 g/mol. The number of methoxy groups -OCH3 is 1. The summed E-state index contributed by atoms with van der Waals surface area (Å²) in [4.78, 5) is 0.553. The monoisotopic (exact) mass is 347 g/mol. The van der Waals surface area contributed by atoms with E-state index in [2.05, 4.69) is 0 Å². The molecule has 0 aliphatic heterocycles. The highest BCUT2D eigenvalue weighted by Gasteiger charge is 2.60. The van der Waals surface area contributed by atoms with Gasteiger partial charge in [0.1, 0.15) is 5.75 Å². The smallest absolute Gasteiger partial charge is 0.182 e. The summed E-state index contributed by atoms with van der Waals surface area (Å²) < 4.78 is 30.9. The van der Waals surface area contributed by atoms with Gasteiger partial charge in [-0.1, -0.05) is 42.5 Å². The van der Waals surface area contributed by atoms with E-state index in [0.717, 1.165) is 11.3 Å². The number of nitrogens with two attached hydrogens (primary N) is 1. The Bertz CT molecular complexity index is 817. The van der Waals surface area contributed by atoms with E-state index in [1.807, 2.05) is 24.3 Å². The van der Waals surface area contributed by atoms with E-state index in [1.165, 1.54) is 0 Å². The molecule has 3 rings (SSSR count). The van der Waals surface area contributed by atoms with Crippen LogP contribution in [0.3, 0.4) is 0 Å². The van der Waals surface area contributed by atoms with Crippen LogP contribution in [-0.4, -0.2) is 25.8 Å². The van der Waals surface area contributed by atoms with Gasteiger partial charge in [-0.25, -0.2) is 8.42 Å². The van der Waals surface area contributed by atoms with E-state index in [9.17, 15) is 8.42 Å². The summed E-state index contributed by atoms with van der Waals surface area (Å²) >= 11 is 5.09. The third kappa shape index (κ3) is 2.84. The predicted molar refractivity (Wildman–Crippen MR) is 93.4 cm³/mol. The Labute approximate surface area is 141 Å². The average molecular weight is 347 g/mol. The van der Waals surface area contributed by atoms with Crippen molar-refractivity contribution in [3.8, 4) is 5.75 Å². The molecule has 120 valence electrons. The first-order valence-electron chi connectivity index (χ1n) is 7.19. The maximum atomic E-state index is 12.9. The van der Waals surface area contributed by atoms with Crippen LogP contribution < -0.4 is 10.5 Å². The number of hydrogen-bond donors (Lipinski definition) is 1. The lowest BCUT2D eigenvalue weighted by atomic mass is 10.1. The van der Waals surface area contributed by atoms with Crippen molar-refractivity contribution in [2.45, 2.75) is 16.1 Å². The topological polar surface area (TPSA) is 69.4 Å². The number of rotatable bonds is 5. The lowest BCUT2D eigenvalue weighted by Gasteiger charge is -2.05. The molecule has 1 saturated carbocycles. The Morgan fingerprint density at radius 3 is 2.22 bits per heavy atom. The largest absolute Gasteiger partial charge is 0.497 e. The molecule has 1 fully saturated rings. The molecule has 6 heteroatoms. The molecule has 0 spiro atoms. The van der Waals surface area contributed by atoms with E-state index in [-0.39, 0.29) is 16.8 Å². The first-order chi connectivity index (χ1) is 11.0. The molecule has 0 aromatic heterocycles. The molecule has 0 heterocycles. The minimum Gasteiger partial charge on any atom is -0.497 e. The van der Waals surface area contributed by atoms with Crippen molar-refractivity contribution in [3.63, 3.8) is 0 Å². The van der Waals surface area contributed by atoms with Gasteiger partial charge in [0.05, 0.1) is 22.2 Å². The lowest BCUT2D eigenvalue weighted by molar-refractivity contribution is 0.414. The summed E-state index contributed by atoms with van der Waals surface area (Å²) in [6, 6.07) is 15.8. The SMILES string of the molecule is COc1ccc([C@H]2[C@@H](C(N)=S)[C@@H]2S(=O)(=O)c2ccccc2)cc1. The van der Waals surface area contributed by atoms with Crippen LogP contribution in [-0.2, 0) is 9.84 Å². The van der Waals surface area contributed by atoms with Gasteiger partial charge in [0, 0.05) is 11.8 Å². The minimum absolute atomic E-state index is 0.205. The van der Waals surface area contributed by atoms with Crippen LogP contribution >= 0.6 is 12.2 Å². The third-order valence-electron chi connectivity index (χ3n) is 4.21. The highest BCUT2D eigenvalue weighted by atomic mass is 32.2. The lowest BCUT2D eigenvalue weighted by Crippen LogP contribution is -2.17. The van der Waals surface area contributed by atoms with Crippen molar-refractivity contribution >= 4 is 27.0 Å². The van der Waals surface area contributed by atoms with Crippen LogP contribution in [0.1, 0.15) is 11.5 Å². The number of thiocarbonyl (C=S) groups is 1. The molecule has 4 nitrogen and oxygen atoms in total. The van der Waals surface area contributed by atoms with Crippen molar-refractivity contribution in [1.82, 2.24) is 0 Å². The summed E-state index contributed by atoms with van der Waals surface area (Å²) in [6.07, 6.45) is 0. The standard InChI is InChI=1S/C17H17NO3S2/c1-21-12-9-7-11(8-10-12)14-15(17(18)22)16(14)23(19,20)13-5-3-2-4-6-13/h2-10,14-16H,1H3,(H2,18,22)/t14-,15+,16+/m0/s1. The fourth-order valence-electron chi connectivity index (χ4n) is 3.00. The fraction of sp³-hybridized carbons (Fsp3) is 0.235. The Kier molecular flexibility index (Phi) is 4.12. The van der Waals surface area contributed by atoms with Gasteiger partial charge in [-0.3, -0.25) is 0 Å². The van der Waals surface area contributed by atoms with E-state index in [0.29, 0.717) is 4.90 Å². The molecule has 23 heavy (non-hydrogen) atoms. The van der Waals surface area contributed by atoms with Crippen LogP contribution in [0, 0.1) is 5.92 Å². The first kappa shape index (κ1) is 16.0. The van der Waals surface area contributed by atoms with Gasteiger partial charge in [0.2, 0.25) is 0 Å². The zero-order valence-electron chi connectivity index (χ0n) is 12.5. The Morgan fingerprint density at radius 2 is 1.70 bits per heavy atom. The number of sulfone groups is 1. The minimum atomic E-state index is -3.47. The summed E-state index contributed by atoms with van der Waals surface area (Å²) in [6.45, 7) is 0. The Hall–Kier alpha value is -1.92. The van der Waals surface area contributed by atoms with Gasteiger partial charge in [-0.05, 0) is 29.8 Å². The van der Waals surface area contributed by atoms with Crippen molar-refractivity contribution in [2.75, 3.05) is 7.11 Å². The van der Waals surface area contributed by atoms with Crippen LogP contribution in [0.25, 0.3) is 0 Å². The number of hydrogen-bond acceptors (Lipinski definition) is 4. The number of ether oxygens (including phenoxy) is 1. The molecule has 2 N–H and O–H groups in total. The Balaban J connectivity index is 1.96. The highest BCUT2D eigenvalue weighted by Crippen LogP contribution is 2.54. The van der Waals surface area contributed by atoms with Crippen LogP contribution in [0.15, 0.2) is 59.5 Å². The zero-order chi connectivity index (χ0) is 16.6. The molecule has 2 aromatic carbocycles. The molecule has 2 aromatic rings. The molecule has 1 aliphatic rings. The van der Waals surface area contributed by atoms with Crippen LogP contribution in [0.4, 0.5) is 0 Å². The van der Waals surface area contributed by atoms with Gasteiger partial charge in [0.25, 0.3) is 0 Å². The van der Waals surface area contributed by atoms with Crippen molar-refractivity contribution < 1.29 is 13.2 Å². The van der Waals surface area contributed by atoms with E-state index in [4.69, 9.17) is 22.7 Å². The summed E-state index contributed by atoms with van der Waals surface area (Å²) in [5.41, 5.74) is 6.70. The van der Waals surface area contributed by atoms with Gasteiger partial charge in [0.15, 0.2) is 9.84 Å². The normalized spacial score (nSPS) is 23.3. The average Bonchev–Trinajstić information content (AvgIpc) is 3.32. The van der Waals surface area contributed by atoms with Gasteiger partial charge in [-0.2, -0.15) is 0 Å². The van der Waals surface area contributed by atoms with E-state index in [1.54, 1.807) is 37.4 Å². The molecule has 3 atom stereocenters. The maximum Gasteiger partial charge on any atom is 0.182 e. The molecule has 1 aliphatic carbocycles. The number of benzene rings is 2. The zero-order valence-corrected chi connectivity index (χ0v) is 14.2. The van der Waals surface area contributed by atoms with Gasteiger partial charge >= 0.3 is 0 Å². The van der Waals surface area contributed by atoms with Crippen molar-refractivity contribution in [1.29, 1.82) is 0 Å². The summed E-state index contributed by atoms with van der Waals surface area (Å²) in [5, 5.41) is -0.601. The molecule has 0 saturated heterocycles. The van der Waals surface area contributed by atoms with Crippen LogP contribution in [0.5, 0.6) is 5.75 Å². The second-order valence-electron chi connectivity index (χ2n) is 5.55. The second-order valence-corrected chi connectivity index (χ2v) is 8.13. The highest BCUT2D eigenvalue weighted by molar-refractivity contribution is 7.92. The molecule has 0 radical (unpaired) electrons. The van der Waals surface area contributed by atoms with Crippen molar-refractivity contribution in [2.24, 2.45) is 11.7 Å². The maximum absolute atomic E-state index is 12.9. The van der Waals surface area contributed by atoms with E-state index < -0.39 is 15.1 Å². The van der Waals surface area contributed by atoms with Gasteiger partial charge < -0.3 is 10.5 Å².